The minimum Gasteiger partial charge on any atom is -0.403 e. The van der Waals surface area contributed by atoms with Gasteiger partial charge in [-0.2, -0.15) is 4.31 Å². The number of nitrogens with one attached hydrogen (secondary N) is 1. The minimum atomic E-state index is -3.44. The Hall–Kier alpha value is -1.97. The molecule has 0 radical (unpaired) electrons. The van der Waals surface area contributed by atoms with Crippen LogP contribution in [0.15, 0.2) is 28.7 Å². The summed E-state index contributed by atoms with van der Waals surface area (Å²) in [6.07, 6.45) is 2.17. The van der Waals surface area contributed by atoms with E-state index in [0.29, 0.717) is 30.0 Å². The first-order chi connectivity index (χ1) is 11.3. The fourth-order valence-electron chi connectivity index (χ4n) is 2.60. The average molecular weight is 371 g/mol. The molecule has 3 rings (SSSR count). The van der Waals surface area contributed by atoms with E-state index in [4.69, 9.17) is 16.0 Å². The molecule has 24 heavy (non-hydrogen) atoms. The number of nitrogens with zero attached hydrogens (tertiary/aromatic N) is 3. The number of rotatable bonds is 4. The van der Waals surface area contributed by atoms with Gasteiger partial charge in [0.2, 0.25) is 21.8 Å². The van der Waals surface area contributed by atoms with Gasteiger partial charge in [0, 0.05) is 17.1 Å². The molecule has 10 heteroatoms. The smallest absolute Gasteiger partial charge is 0.322 e. The van der Waals surface area contributed by atoms with Crippen molar-refractivity contribution < 1.29 is 17.6 Å². The number of sulfonamides is 1. The molecular formula is C14H15ClN4O4S. The van der Waals surface area contributed by atoms with Gasteiger partial charge in [-0.1, -0.05) is 22.8 Å². The summed E-state index contributed by atoms with van der Waals surface area (Å²) >= 11 is 5.91. The minimum absolute atomic E-state index is 0.0877. The fourth-order valence-corrected chi connectivity index (χ4v) is 3.91. The molecule has 8 nitrogen and oxygen atoms in total. The number of benzene rings is 1. The van der Waals surface area contributed by atoms with Gasteiger partial charge >= 0.3 is 6.01 Å². The van der Waals surface area contributed by atoms with Crippen LogP contribution in [0, 0.1) is 0 Å². The number of carbonyl (C=O) groups excluding carboxylic acids is 1. The predicted molar refractivity (Wildman–Crippen MR) is 87.9 cm³/mol. The second-order valence-electron chi connectivity index (χ2n) is 5.44. The summed E-state index contributed by atoms with van der Waals surface area (Å²) in [5.41, 5.74) is 0.620. The molecule has 1 saturated heterocycles. The van der Waals surface area contributed by atoms with Crippen LogP contribution in [0.1, 0.15) is 12.8 Å². The van der Waals surface area contributed by atoms with E-state index in [1.807, 2.05) is 0 Å². The first-order valence-electron chi connectivity index (χ1n) is 7.22. The maximum Gasteiger partial charge on any atom is 0.322 e. The third-order valence-electron chi connectivity index (χ3n) is 3.66. The lowest BCUT2D eigenvalue weighted by Crippen LogP contribution is -2.42. The van der Waals surface area contributed by atoms with E-state index in [2.05, 4.69) is 15.5 Å². The lowest BCUT2D eigenvalue weighted by Gasteiger charge is -2.20. The molecule has 1 unspecified atom stereocenters. The summed E-state index contributed by atoms with van der Waals surface area (Å²) < 4.78 is 30.0. The summed E-state index contributed by atoms with van der Waals surface area (Å²) in [7, 11) is -3.44. The van der Waals surface area contributed by atoms with Gasteiger partial charge in [-0.25, -0.2) is 8.42 Å². The lowest BCUT2D eigenvalue weighted by atomic mass is 10.2. The van der Waals surface area contributed by atoms with Gasteiger partial charge in [0.1, 0.15) is 6.04 Å². The maximum atomic E-state index is 12.3. The normalized spacial score (nSPS) is 18.7. The Bertz CT molecular complexity index is 867. The zero-order valence-electron chi connectivity index (χ0n) is 12.8. The van der Waals surface area contributed by atoms with Crippen molar-refractivity contribution in [3.05, 3.63) is 29.3 Å². The van der Waals surface area contributed by atoms with Crippen molar-refractivity contribution in [2.45, 2.75) is 18.9 Å². The van der Waals surface area contributed by atoms with E-state index in [1.54, 1.807) is 24.3 Å². The number of anilines is 1. The molecule has 0 bridgehead atoms. The highest BCUT2D eigenvalue weighted by molar-refractivity contribution is 7.88. The lowest BCUT2D eigenvalue weighted by molar-refractivity contribution is -0.119. The Morgan fingerprint density at radius 1 is 1.42 bits per heavy atom. The molecule has 0 spiro atoms. The Balaban J connectivity index is 1.74. The van der Waals surface area contributed by atoms with Gasteiger partial charge in [-0.05, 0) is 31.0 Å². The van der Waals surface area contributed by atoms with Gasteiger partial charge in [-0.3, -0.25) is 10.1 Å². The van der Waals surface area contributed by atoms with Crippen molar-refractivity contribution >= 4 is 33.5 Å². The van der Waals surface area contributed by atoms with Gasteiger partial charge in [0.25, 0.3) is 0 Å². The van der Waals surface area contributed by atoms with Crippen LogP contribution in [0.2, 0.25) is 5.02 Å². The zero-order chi connectivity index (χ0) is 17.3. The molecule has 1 amide bonds. The zero-order valence-corrected chi connectivity index (χ0v) is 14.3. The van der Waals surface area contributed by atoms with Crippen LogP contribution in [0.3, 0.4) is 0 Å². The Morgan fingerprint density at radius 3 is 2.92 bits per heavy atom. The molecule has 1 aliphatic heterocycles. The molecule has 1 aromatic carbocycles. The highest BCUT2D eigenvalue weighted by Crippen LogP contribution is 2.24. The monoisotopic (exact) mass is 370 g/mol. The van der Waals surface area contributed by atoms with Crippen molar-refractivity contribution in [2.24, 2.45) is 0 Å². The van der Waals surface area contributed by atoms with Crippen LogP contribution in [-0.2, 0) is 14.8 Å². The SMILES string of the molecule is CS(=O)(=O)N1CCCC1C(=O)Nc1nnc(-c2cccc(Cl)c2)o1. The van der Waals surface area contributed by atoms with Crippen molar-refractivity contribution in [2.75, 3.05) is 18.1 Å². The van der Waals surface area contributed by atoms with Crippen LogP contribution in [0.4, 0.5) is 6.01 Å². The van der Waals surface area contributed by atoms with E-state index in [1.165, 1.54) is 4.31 Å². The van der Waals surface area contributed by atoms with E-state index in [9.17, 15) is 13.2 Å². The first-order valence-corrected chi connectivity index (χ1v) is 9.44. The summed E-state index contributed by atoms with van der Waals surface area (Å²) in [4.78, 5) is 12.3. The number of aromatic nitrogens is 2. The summed E-state index contributed by atoms with van der Waals surface area (Å²) in [6.45, 7) is 0.328. The summed E-state index contributed by atoms with van der Waals surface area (Å²) in [6, 6.07) is 6.00. The van der Waals surface area contributed by atoms with Crippen molar-refractivity contribution in [1.82, 2.24) is 14.5 Å². The molecular weight excluding hydrogens is 356 g/mol. The van der Waals surface area contributed by atoms with Crippen molar-refractivity contribution in [3.63, 3.8) is 0 Å². The van der Waals surface area contributed by atoms with Gasteiger partial charge in [0.05, 0.1) is 6.26 Å². The quantitative estimate of drug-likeness (QED) is 0.878. The maximum absolute atomic E-state index is 12.3. The Kier molecular flexibility index (Phi) is 4.57. The molecule has 2 heterocycles. The van der Waals surface area contributed by atoms with E-state index in [-0.39, 0.29) is 11.9 Å². The molecule has 2 aromatic rings. The van der Waals surface area contributed by atoms with Crippen LogP contribution in [0.5, 0.6) is 0 Å². The topological polar surface area (TPSA) is 105 Å². The number of hydrogen-bond donors (Lipinski definition) is 1. The Morgan fingerprint density at radius 2 is 2.21 bits per heavy atom. The number of carbonyl (C=O) groups is 1. The van der Waals surface area contributed by atoms with Crippen molar-refractivity contribution in [3.8, 4) is 11.5 Å². The molecule has 1 atom stereocenters. The number of amides is 1. The molecule has 128 valence electrons. The van der Waals surface area contributed by atoms with Gasteiger partial charge in [0.15, 0.2) is 0 Å². The number of hydrogen-bond acceptors (Lipinski definition) is 6. The second kappa shape index (κ2) is 6.50. The van der Waals surface area contributed by atoms with Gasteiger partial charge < -0.3 is 4.42 Å². The highest BCUT2D eigenvalue weighted by Gasteiger charge is 2.36. The van der Waals surface area contributed by atoms with E-state index < -0.39 is 22.0 Å². The molecule has 1 aliphatic rings. The number of halogens is 1. The Labute approximate surface area is 143 Å². The third kappa shape index (κ3) is 3.58. The fraction of sp³-hybridized carbons (Fsp3) is 0.357. The standard InChI is InChI=1S/C14H15ClN4O4S/c1-24(21,22)19-7-3-6-11(19)12(20)16-14-18-17-13(23-14)9-4-2-5-10(15)8-9/h2,4-5,8,11H,3,6-7H2,1H3,(H,16,18,20). The average Bonchev–Trinajstić information content (AvgIpc) is 3.15. The van der Waals surface area contributed by atoms with Crippen LogP contribution >= 0.6 is 11.6 Å². The molecule has 1 fully saturated rings. The van der Waals surface area contributed by atoms with E-state index >= 15 is 0 Å². The molecule has 0 aliphatic carbocycles. The van der Waals surface area contributed by atoms with Gasteiger partial charge in [-0.15, -0.1) is 5.10 Å². The molecule has 0 saturated carbocycles. The molecule has 1 N–H and O–H groups in total. The second-order valence-corrected chi connectivity index (χ2v) is 7.82. The van der Waals surface area contributed by atoms with Crippen LogP contribution in [-0.4, -0.2) is 47.7 Å². The molecule has 1 aromatic heterocycles. The summed E-state index contributed by atoms with van der Waals surface area (Å²) in [5.74, 6) is -0.279. The third-order valence-corrected chi connectivity index (χ3v) is 5.18. The summed E-state index contributed by atoms with van der Waals surface area (Å²) in [5, 5.41) is 10.6. The van der Waals surface area contributed by atoms with Crippen LogP contribution in [0.25, 0.3) is 11.5 Å². The van der Waals surface area contributed by atoms with Crippen LogP contribution < -0.4 is 5.32 Å². The first kappa shape index (κ1) is 16.9. The van der Waals surface area contributed by atoms with Crippen molar-refractivity contribution in [1.29, 1.82) is 0 Å². The predicted octanol–water partition coefficient (Wildman–Crippen LogP) is 1.75. The highest BCUT2D eigenvalue weighted by atomic mass is 35.5. The largest absolute Gasteiger partial charge is 0.403 e. The van der Waals surface area contributed by atoms with E-state index in [0.717, 1.165) is 6.26 Å².